The lowest BCUT2D eigenvalue weighted by Crippen LogP contribution is -2.44. The van der Waals surface area contributed by atoms with Crippen molar-refractivity contribution in [3.63, 3.8) is 0 Å². The van der Waals surface area contributed by atoms with Gasteiger partial charge in [-0.1, -0.05) is 29.5 Å². The molecule has 0 unspecified atom stereocenters. The van der Waals surface area contributed by atoms with E-state index in [-0.39, 0.29) is 24.4 Å². The van der Waals surface area contributed by atoms with E-state index in [1.165, 1.54) is 24.3 Å². The van der Waals surface area contributed by atoms with Gasteiger partial charge < -0.3 is 15.0 Å². The number of rotatable bonds is 8. The van der Waals surface area contributed by atoms with Crippen LogP contribution in [0.5, 0.6) is 5.75 Å². The van der Waals surface area contributed by atoms with Crippen molar-refractivity contribution in [2.45, 2.75) is 31.5 Å². The summed E-state index contributed by atoms with van der Waals surface area (Å²) >= 11 is 0. The third kappa shape index (κ3) is 4.84. The number of nitrogens with one attached hydrogen (secondary N) is 1. The van der Waals surface area contributed by atoms with Gasteiger partial charge in [0.15, 0.2) is 0 Å². The molecule has 1 aliphatic rings. The highest BCUT2D eigenvalue weighted by molar-refractivity contribution is 5.98. The van der Waals surface area contributed by atoms with Gasteiger partial charge in [0.05, 0.1) is 12.6 Å². The summed E-state index contributed by atoms with van der Waals surface area (Å²) in [6, 6.07) is 19.1. The quantitative estimate of drug-likeness (QED) is 0.419. The Morgan fingerprint density at radius 1 is 1.09 bits per heavy atom. The molecule has 178 valence electrons. The van der Waals surface area contributed by atoms with Crippen LogP contribution in [0.4, 0.5) is 10.1 Å². The Morgan fingerprint density at radius 3 is 2.49 bits per heavy atom. The van der Waals surface area contributed by atoms with Crippen LogP contribution in [0.3, 0.4) is 0 Å². The van der Waals surface area contributed by atoms with E-state index in [0.717, 1.165) is 18.4 Å². The van der Waals surface area contributed by atoms with Gasteiger partial charge in [0.25, 0.3) is 5.91 Å². The fourth-order valence-electron chi connectivity index (χ4n) is 4.12. The molecule has 3 aromatic carbocycles. The first kappa shape index (κ1) is 22.5. The molecule has 1 saturated carbocycles. The van der Waals surface area contributed by atoms with Gasteiger partial charge in [-0.15, -0.1) is 5.10 Å². The summed E-state index contributed by atoms with van der Waals surface area (Å²) in [5.41, 5.74) is 2.53. The van der Waals surface area contributed by atoms with Crippen LogP contribution in [0.1, 0.15) is 24.4 Å². The predicted octanol–water partition coefficient (Wildman–Crippen LogP) is 3.95. The highest BCUT2D eigenvalue weighted by atomic mass is 19.1. The lowest BCUT2D eigenvalue weighted by Gasteiger charge is -2.31. The van der Waals surface area contributed by atoms with E-state index in [4.69, 9.17) is 4.74 Å². The van der Waals surface area contributed by atoms with Gasteiger partial charge in [0.2, 0.25) is 5.91 Å². The number of carbonyl (C=O) groups excluding carboxylic acids is 2. The number of anilines is 1. The summed E-state index contributed by atoms with van der Waals surface area (Å²) in [5.74, 6) is -0.377. The van der Waals surface area contributed by atoms with E-state index >= 15 is 0 Å². The average Bonchev–Trinajstić information content (AvgIpc) is 3.64. The molecule has 2 amide bonds. The van der Waals surface area contributed by atoms with Gasteiger partial charge in [-0.25, -0.2) is 9.07 Å². The van der Waals surface area contributed by atoms with Crippen molar-refractivity contribution in [3.8, 4) is 5.75 Å². The number of halogens is 1. The molecule has 1 aliphatic carbocycles. The first-order valence-electron chi connectivity index (χ1n) is 11.3. The first-order chi connectivity index (χ1) is 17.0. The van der Waals surface area contributed by atoms with Crippen molar-refractivity contribution >= 4 is 28.5 Å². The number of hydrogen-bond donors (Lipinski definition) is 1. The molecule has 0 aliphatic heterocycles. The topological polar surface area (TPSA) is 89.4 Å². The minimum atomic E-state index is -0.888. The number of para-hydroxylation sites is 1. The Hall–Kier alpha value is -4.27. The number of methoxy groups -OCH3 is 1. The van der Waals surface area contributed by atoms with E-state index in [1.807, 2.05) is 24.3 Å². The van der Waals surface area contributed by atoms with Crippen LogP contribution in [0.15, 0.2) is 72.8 Å². The average molecular weight is 474 g/mol. The minimum Gasteiger partial charge on any atom is -0.497 e. The third-order valence-electron chi connectivity index (χ3n) is 6.00. The number of benzene rings is 3. The standard InChI is InChI=1S/C26H24FN5O3/c1-35-21-14-6-17(7-15-21)25(26(34)28-19-10-8-18(27)9-11-19)32(20-12-13-20)24(33)16-31-23-5-3-2-4-22(23)29-30-31/h2-11,14-15,20,25H,12-13,16H2,1H3,(H,28,34)/t25-/m0/s1. The first-order valence-corrected chi connectivity index (χ1v) is 11.3. The van der Waals surface area contributed by atoms with Crippen LogP contribution in [-0.2, 0) is 16.1 Å². The number of ether oxygens (including phenoxy) is 1. The summed E-state index contributed by atoms with van der Waals surface area (Å²) in [6.45, 7) is -0.0481. The van der Waals surface area contributed by atoms with Gasteiger partial charge in [-0.05, 0) is 66.9 Å². The molecular weight excluding hydrogens is 449 g/mol. The zero-order valence-electron chi connectivity index (χ0n) is 19.1. The zero-order chi connectivity index (χ0) is 24.4. The van der Waals surface area contributed by atoms with Crippen LogP contribution in [0, 0.1) is 5.82 Å². The van der Waals surface area contributed by atoms with E-state index in [2.05, 4.69) is 15.6 Å². The van der Waals surface area contributed by atoms with Crippen molar-refractivity contribution in [3.05, 3.63) is 84.2 Å². The third-order valence-corrected chi connectivity index (χ3v) is 6.00. The molecule has 8 nitrogen and oxygen atoms in total. The number of fused-ring (bicyclic) bond motifs is 1. The molecular formula is C26H24FN5O3. The van der Waals surface area contributed by atoms with E-state index in [9.17, 15) is 14.0 Å². The second kappa shape index (κ2) is 9.54. The second-order valence-corrected chi connectivity index (χ2v) is 8.44. The Labute approximate surface area is 201 Å². The molecule has 1 N–H and O–H groups in total. The van der Waals surface area contributed by atoms with Gasteiger partial charge >= 0.3 is 0 Å². The number of hydrogen-bond acceptors (Lipinski definition) is 5. The largest absolute Gasteiger partial charge is 0.497 e. The van der Waals surface area contributed by atoms with Crippen LogP contribution in [0.2, 0.25) is 0 Å². The van der Waals surface area contributed by atoms with Crippen LogP contribution < -0.4 is 10.1 Å². The van der Waals surface area contributed by atoms with Crippen molar-refractivity contribution in [2.75, 3.05) is 12.4 Å². The molecule has 0 radical (unpaired) electrons. The molecule has 1 heterocycles. The summed E-state index contributed by atoms with van der Waals surface area (Å²) in [6.07, 6.45) is 1.61. The molecule has 0 saturated heterocycles. The molecule has 9 heteroatoms. The van der Waals surface area contributed by atoms with Crippen LogP contribution in [-0.4, -0.2) is 44.9 Å². The summed E-state index contributed by atoms with van der Waals surface area (Å²) in [4.78, 5) is 28.9. The van der Waals surface area contributed by atoms with E-state index in [1.54, 1.807) is 41.0 Å². The SMILES string of the molecule is COc1ccc([C@@H](C(=O)Nc2ccc(F)cc2)N(C(=O)Cn2nnc3ccccc32)C2CC2)cc1. The molecule has 4 aromatic rings. The number of nitrogens with zero attached hydrogens (tertiary/aromatic N) is 4. The van der Waals surface area contributed by atoms with Crippen LogP contribution in [0.25, 0.3) is 11.0 Å². The molecule has 1 aromatic heterocycles. The molecule has 35 heavy (non-hydrogen) atoms. The normalized spacial score (nSPS) is 13.9. The highest BCUT2D eigenvalue weighted by Gasteiger charge is 2.41. The maximum atomic E-state index is 13.7. The fraction of sp³-hybridized carbons (Fsp3) is 0.231. The molecule has 1 atom stereocenters. The second-order valence-electron chi connectivity index (χ2n) is 8.44. The Balaban J connectivity index is 1.48. The lowest BCUT2D eigenvalue weighted by molar-refractivity contribution is -0.140. The van der Waals surface area contributed by atoms with Gasteiger partial charge in [-0.2, -0.15) is 0 Å². The summed E-state index contributed by atoms with van der Waals surface area (Å²) in [5, 5.41) is 11.1. The van der Waals surface area contributed by atoms with Gasteiger partial charge in [0.1, 0.15) is 29.7 Å². The molecule has 5 rings (SSSR count). The number of amides is 2. The smallest absolute Gasteiger partial charge is 0.251 e. The minimum absolute atomic E-state index is 0.0481. The molecule has 1 fully saturated rings. The molecule has 0 spiro atoms. The highest BCUT2D eigenvalue weighted by Crippen LogP contribution is 2.36. The predicted molar refractivity (Wildman–Crippen MR) is 128 cm³/mol. The number of aromatic nitrogens is 3. The Kier molecular flexibility index (Phi) is 6.13. The number of carbonyl (C=O) groups is 2. The van der Waals surface area contributed by atoms with Crippen molar-refractivity contribution in [1.29, 1.82) is 0 Å². The van der Waals surface area contributed by atoms with E-state index < -0.39 is 11.9 Å². The zero-order valence-corrected chi connectivity index (χ0v) is 19.1. The maximum Gasteiger partial charge on any atom is 0.251 e. The van der Waals surface area contributed by atoms with Crippen molar-refractivity contribution in [1.82, 2.24) is 19.9 Å². The van der Waals surface area contributed by atoms with E-state index in [0.29, 0.717) is 22.5 Å². The molecule has 0 bridgehead atoms. The van der Waals surface area contributed by atoms with Crippen molar-refractivity contribution in [2.24, 2.45) is 0 Å². The lowest BCUT2D eigenvalue weighted by atomic mass is 10.0. The van der Waals surface area contributed by atoms with Crippen molar-refractivity contribution < 1.29 is 18.7 Å². The van der Waals surface area contributed by atoms with Gasteiger partial charge in [-0.3, -0.25) is 9.59 Å². The van der Waals surface area contributed by atoms with Crippen LogP contribution >= 0.6 is 0 Å². The summed E-state index contributed by atoms with van der Waals surface area (Å²) in [7, 11) is 1.57. The summed E-state index contributed by atoms with van der Waals surface area (Å²) < 4.78 is 20.2. The maximum absolute atomic E-state index is 13.7. The Bertz CT molecular complexity index is 1350. The van der Waals surface area contributed by atoms with Gasteiger partial charge in [0, 0.05) is 11.7 Å². The Morgan fingerprint density at radius 2 is 1.80 bits per heavy atom. The monoisotopic (exact) mass is 473 g/mol. The fourth-order valence-corrected chi connectivity index (χ4v) is 4.12.